The van der Waals surface area contributed by atoms with Gasteiger partial charge in [-0.15, -0.1) is 0 Å². The van der Waals surface area contributed by atoms with Gasteiger partial charge in [0.1, 0.15) is 0 Å². The van der Waals surface area contributed by atoms with Gasteiger partial charge in [0.15, 0.2) is 4.32 Å². The number of amides is 1. The first-order valence-electron chi connectivity index (χ1n) is 6.96. The SMILES string of the molecule is O=C1/C(=C\c2cccc(C(F)(F)F)c2)SC(=S)N1c1cccc(Cl)c1. The molecule has 1 amide bonds. The summed E-state index contributed by atoms with van der Waals surface area (Å²) in [5, 5.41) is 0.452. The van der Waals surface area contributed by atoms with Crippen LogP contribution >= 0.6 is 35.6 Å². The number of thioether (sulfide) groups is 1. The molecular weight excluding hydrogens is 391 g/mol. The van der Waals surface area contributed by atoms with E-state index >= 15 is 0 Å². The van der Waals surface area contributed by atoms with Gasteiger partial charge in [-0.3, -0.25) is 9.69 Å². The average Bonchev–Trinajstić information content (AvgIpc) is 2.81. The minimum Gasteiger partial charge on any atom is -0.268 e. The molecule has 0 aromatic heterocycles. The van der Waals surface area contributed by atoms with Crippen molar-refractivity contribution >= 4 is 57.6 Å². The summed E-state index contributed by atoms with van der Waals surface area (Å²) in [4.78, 5) is 14.2. The third-order valence-electron chi connectivity index (χ3n) is 3.37. The van der Waals surface area contributed by atoms with Crippen LogP contribution in [0.4, 0.5) is 18.9 Å². The van der Waals surface area contributed by atoms with Crippen LogP contribution in [-0.2, 0) is 11.0 Å². The topological polar surface area (TPSA) is 20.3 Å². The van der Waals surface area contributed by atoms with Crippen molar-refractivity contribution in [3.8, 4) is 0 Å². The van der Waals surface area contributed by atoms with Gasteiger partial charge < -0.3 is 0 Å². The molecule has 3 rings (SSSR count). The Balaban J connectivity index is 1.93. The molecule has 0 atom stereocenters. The number of rotatable bonds is 2. The van der Waals surface area contributed by atoms with E-state index in [-0.39, 0.29) is 10.5 Å². The van der Waals surface area contributed by atoms with Crippen LogP contribution in [0.3, 0.4) is 0 Å². The van der Waals surface area contributed by atoms with Gasteiger partial charge in [0.05, 0.1) is 16.2 Å². The van der Waals surface area contributed by atoms with E-state index in [2.05, 4.69) is 0 Å². The van der Waals surface area contributed by atoms with Crippen molar-refractivity contribution in [2.75, 3.05) is 4.90 Å². The van der Waals surface area contributed by atoms with Crippen LogP contribution in [-0.4, -0.2) is 10.2 Å². The van der Waals surface area contributed by atoms with Crippen LogP contribution in [0.2, 0.25) is 5.02 Å². The number of nitrogens with zero attached hydrogens (tertiary/aromatic N) is 1. The van der Waals surface area contributed by atoms with Gasteiger partial charge in [-0.1, -0.05) is 53.8 Å². The number of anilines is 1. The first-order chi connectivity index (χ1) is 11.8. The van der Waals surface area contributed by atoms with Gasteiger partial charge in [-0.25, -0.2) is 0 Å². The Morgan fingerprint density at radius 3 is 2.52 bits per heavy atom. The number of halogens is 4. The highest BCUT2D eigenvalue weighted by atomic mass is 35.5. The van der Waals surface area contributed by atoms with Gasteiger partial charge in [-0.2, -0.15) is 13.2 Å². The molecule has 2 aromatic rings. The summed E-state index contributed by atoms with van der Waals surface area (Å²) in [5.41, 5.74) is 0.0235. The zero-order chi connectivity index (χ0) is 18.2. The van der Waals surface area contributed by atoms with Crippen molar-refractivity contribution in [2.24, 2.45) is 0 Å². The maximum atomic E-state index is 12.8. The normalized spacial score (nSPS) is 16.8. The summed E-state index contributed by atoms with van der Waals surface area (Å²) >= 11 is 12.2. The number of thiocarbonyl (C=S) groups is 1. The Bertz CT molecular complexity index is 895. The molecule has 0 radical (unpaired) electrons. The smallest absolute Gasteiger partial charge is 0.268 e. The number of benzene rings is 2. The van der Waals surface area contributed by atoms with E-state index in [0.29, 0.717) is 15.0 Å². The molecular formula is C17H9ClF3NOS2. The Morgan fingerprint density at radius 2 is 1.84 bits per heavy atom. The standard InChI is InChI=1S/C17H9ClF3NOS2/c18-12-5-2-6-13(9-12)22-15(23)14(25-16(22)24)8-10-3-1-4-11(7-10)17(19,20)21/h1-9H/b14-8+. The maximum absolute atomic E-state index is 12.8. The van der Waals surface area contributed by atoms with E-state index < -0.39 is 17.6 Å². The van der Waals surface area contributed by atoms with Crippen LogP contribution in [0, 0.1) is 0 Å². The molecule has 0 unspecified atom stereocenters. The fraction of sp³-hybridized carbons (Fsp3) is 0.0588. The lowest BCUT2D eigenvalue weighted by molar-refractivity contribution is -0.137. The number of hydrogen-bond donors (Lipinski definition) is 0. The monoisotopic (exact) mass is 399 g/mol. The Hall–Kier alpha value is -1.83. The van der Waals surface area contributed by atoms with Crippen molar-refractivity contribution in [1.29, 1.82) is 0 Å². The van der Waals surface area contributed by atoms with E-state index in [1.165, 1.54) is 23.1 Å². The molecule has 8 heteroatoms. The average molecular weight is 400 g/mol. The molecule has 1 aliphatic heterocycles. The van der Waals surface area contributed by atoms with E-state index in [1.54, 1.807) is 24.3 Å². The van der Waals surface area contributed by atoms with E-state index in [4.69, 9.17) is 23.8 Å². The minimum absolute atomic E-state index is 0.254. The highest BCUT2D eigenvalue weighted by molar-refractivity contribution is 8.27. The lowest BCUT2D eigenvalue weighted by atomic mass is 10.1. The minimum atomic E-state index is -4.44. The van der Waals surface area contributed by atoms with Crippen molar-refractivity contribution in [3.63, 3.8) is 0 Å². The predicted molar refractivity (Wildman–Crippen MR) is 98.5 cm³/mol. The number of carbonyl (C=O) groups excluding carboxylic acids is 1. The summed E-state index contributed by atoms with van der Waals surface area (Å²) in [6.07, 6.45) is -3.04. The molecule has 2 nitrogen and oxygen atoms in total. The quantitative estimate of drug-likeness (QED) is 0.472. The summed E-state index contributed by atoms with van der Waals surface area (Å²) in [5.74, 6) is -0.394. The molecule has 2 aromatic carbocycles. The van der Waals surface area contributed by atoms with Crippen molar-refractivity contribution in [3.05, 3.63) is 69.6 Å². The lowest BCUT2D eigenvalue weighted by Crippen LogP contribution is -2.27. The number of carbonyl (C=O) groups is 1. The van der Waals surface area contributed by atoms with Crippen molar-refractivity contribution in [2.45, 2.75) is 6.18 Å². The fourth-order valence-corrected chi connectivity index (χ4v) is 3.75. The van der Waals surface area contributed by atoms with Gasteiger partial charge in [0.2, 0.25) is 0 Å². The molecule has 128 valence electrons. The molecule has 1 aliphatic rings. The first kappa shape index (κ1) is 18.0. The molecule has 0 N–H and O–H groups in total. The molecule has 1 fully saturated rings. The van der Waals surface area contributed by atoms with Crippen LogP contribution < -0.4 is 4.90 Å². The number of alkyl halides is 3. The van der Waals surface area contributed by atoms with Crippen LogP contribution in [0.15, 0.2) is 53.4 Å². The lowest BCUT2D eigenvalue weighted by Gasteiger charge is -2.14. The first-order valence-corrected chi connectivity index (χ1v) is 8.57. The molecule has 1 saturated heterocycles. The van der Waals surface area contributed by atoms with Crippen molar-refractivity contribution < 1.29 is 18.0 Å². The number of hydrogen-bond acceptors (Lipinski definition) is 3. The van der Waals surface area contributed by atoms with Gasteiger partial charge >= 0.3 is 6.18 Å². The van der Waals surface area contributed by atoms with Gasteiger partial charge in [0, 0.05) is 5.02 Å². The van der Waals surface area contributed by atoms with Crippen LogP contribution in [0.5, 0.6) is 0 Å². The van der Waals surface area contributed by atoms with Gasteiger partial charge in [0.25, 0.3) is 5.91 Å². The van der Waals surface area contributed by atoms with Crippen LogP contribution in [0.1, 0.15) is 11.1 Å². The largest absolute Gasteiger partial charge is 0.416 e. The molecule has 0 saturated carbocycles. The highest BCUT2D eigenvalue weighted by Crippen LogP contribution is 2.37. The Labute approximate surface area is 156 Å². The molecule has 0 aliphatic carbocycles. The Morgan fingerprint density at radius 1 is 1.12 bits per heavy atom. The zero-order valence-corrected chi connectivity index (χ0v) is 14.8. The third-order valence-corrected chi connectivity index (χ3v) is 4.91. The Kier molecular flexibility index (Phi) is 4.90. The second kappa shape index (κ2) is 6.82. The summed E-state index contributed by atoms with van der Waals surface area (Å²) in [7, 11) is 0. The summed E-state index contributed by atoms with van der Waals surface area (Å²) in [6.45, 7) is 0. The summed E-state index contributed by atoms with van der Waals surface area (Å²) < 4.78 is 38.7. The molecule has 0 bridgehead atoms. The summed E-state index contributed by atoms with van der Waals surface area (Å²) in [6, 6.07) is 11.4. The predicted octanol–water partition coefficient (Wildman–Crippen LogP) is 5.76. The second-order valence-corrected chi connectivity index (χ2v) is 7.23. The molecule has 25 heavy (non-hydrogen) atoms. The van der Waals surface area contributed by atoms with Gasteiger partial charge in [-0.05, 0) is 42.0 Å². The van der Waals surface area contributed by atoms with Crippen LogP contribution in [0.25, 0.3) is 6.08 Å². The third kappa shape index (κ3) is 3.89. The zero-order valence-electron chi connectivity index (χ0n) is 12.4. The molecule has 1 heterocycles. The van der Waals surface area contributed by atoms with E-state index in [1.807, 2.05) is 0 Å². The van der Waals surface area contributed by atoms with E-state index in [9.17, 15) is 18.0 Å². The fourth-order valence-electron chi connectivity index (χ4n) is 2.26. The molecule has 0 spiro atoms. The maximum Gasteiger partial charge on any atom is 0.416 e. The van der Waals surface area contributed by atoms with E-state index in [0.717, 1.165) is 23.9 Å². The highest BCUT2D eigenvalue weighted by Gasteiger charge is 2.34. The van der Waals surface area contributed by atoms with Crippen molar-refractivity contribution in [1.82, 2.24) is 0 Å². The second-order valence-electron chi connectivity index (χ2n) is 5.12.